The Morgan fingerprint density at radius 1 is 1.20 bits per heavy atom. The number of amides is 2. The van der Waals surface area contributed by atoms with E-state index in [9.17, 15) is 9.59 Å². The van der Waals surface area contributed by atoms with Crippen LogP contribution in [-0.4, -0.2) is 41.1 Å². The number of rotatable bonds is 3. The van der Waals surface area contributed by atoms with Crippen LogP contribution in [0.15, 0.2) is 0 Å². The monoisotopic (exact) mass is 278 g/mol. The first-order chi connectivity index (χ1) is 9.56. The first kappa shape index (κ1) is 12.5. The molecule has 5 atom stereocenters. The number of hydrogen-bond acceptors (Lipinski definition) is 2. The maximum absolute atomic E-state index is 12.1. The Labute approximate surface area is 118 Å². The summed E-state index contributed by atoms with van der Waals surface area (Å²) >= 11 is 0. The van der Waals surface area contributed by atoms with E-state index in [1.54, 1.807) is 11.8 Å². The van der Waals surface area contributed by atoms with Crippen LogP contribution in [0.2, 0.25) is 0 Å². The molecule has 110 valence electrons. The molecule has 2 amide bonds. The second-order valence-corrected chi connectivity index (χ2v) is 7.26. The molecule has 3 aliphatic carbocycles. The van der Waals surface area contributed by atoms with E-state index in [0.717, 1.165) is 23.7 Å². The summed E-state index contributed by atoms with van der Waals surface area (Å²) in [4.78, 5) is 24.8. The fourth-order valence-corrected chi connectivity index (χ4v) is 4.95. The van der Waals surface area contributed by atoms with Gasteiger partial charge in [-0.15, -0.1) is 0 Å². The van der Waals surface area contributed by atoms with Crippen molar-refractivity contribution in [3.8, 4) is 0 Å². The third-order valence-corrected chi connectivity index (χ3v) is 6.32. The van der Waals surface area contributed by atoms with Gasteiger partial charge in [-0.05, 0) is 42.9 Å². The van der Waals surface area contributed by atoms with E-state index in [2.05, 4.69) is 5.32 Å². The summed E-state index contributed by atoms with van der Waals surface area (Å²) < 4.78 is 0. The maximum atomic E-state index is 12.1. The number of carbonyl (C=O) groups is 2. The van der Waals surface area contributed by atoms with E-state index in [1.165, 1.54) is 19.3 Å². The van der Waals surface area contributed by atoms with Crippen LogP contribution in [0.5, 0.6) is 0 Å². The molecule has 0 radical (unpaired) electrons. The highest BCUT2D eigenvalue weighted by atomic mass is 16.4. The van der Waals surface area contributed by atoms with Crippen molar-refractivity contribution < 1.29 is 14.7 Å². The standard InChI is InChI=1S/C15H22N2O3/c1-7(14(18)19)10-5-17(6-10)15(20)16-13-11-8-2-3-9(4-8)12(11)13/h7-13H,2-6H2,1H3,(H,16,20)(H,18,19). The Balaban J connectivity index is 1.26. The quantitative estimate of drug-likeness (QED) is 0.819. The van der Waals surface area contributed by atoms with Gasteiger partial charge in [0, 0.05) is 25.0 Å². The van der Waals surface area contributed by atoms with Gasteiger partial charge < -0.3 is 15.3 Å². The van der Waals surface area contributed by atoms with E-state index in [0.29, 0.717) is 19.1 Å². The SMILES string of the molecule is CC(C(=O)O)C1CN(C(=O)NC2C3C4CCC(C4)C23)C1. The molecule has 5 nitrogen and oxygen atoms in total. The van der Waals surface area contributed by atoms with Crippen LogP contribution in [0, 0.1) is 35.5 Å². The highest BCUT2D eigenvalue weighted by Gasteiger charge is 2.65. The number of hydrogen-bond donors (Lipinski definition) is 2. The Hall–Kier alpha value is -1.26. The van der Waals surface area contributed by atoms with Gasteiger partial charge in [0.2, 0.25) is 0 Å². The van der Waals surface area contributed by atoms with Crippen molar-refractivity contribution in [1.29, 1.82) is 0 Å². The molecule has 1 aliphatic heterocycles. The fourth-order valence-electron chi connectivity index (χ4n) is 4.95. The Morgan fingerprint density at radius 2 is 1.80 bits per heavy atom. The van der Waals surface area contributed by atoms with Gasteiger partial charge >= 0.3 is 12.0 Å². The summed E-state index contributed by atoms with van der Waals surface area (Å²) in [5.74, 6) is 2.25. The molecule has 2 bridgehead atoms. The molecule has 4 aliphatic rings. The molecule has 5 unspecified atom stereocenters. The molecule has 0 aromatic heterocycles. The number of urea groups is 1. The molecule has 1 saturated heterocycles. The Bertz CT molecular complexity index is 444. The van der Waals surface area contributed by atoms with Crippen molar-refractivity contribution in [3.63, 3.8) is 0 Å². The topological polar surface area (TPSA) is 69.6 Å². The van der Waals surface area contributed by atoms with Crippen LogP contribution in [0.25, 0.3) is 0 Å². The van der Waals surface area contributed by atoms with Crippen LogP contribution >= 0.6 is 0 Å². The number of carbonyl (C=O) groups excluding carboxylic acids is 1. The third kappa shape index (κ3) is 1.68. The number of nitrogens with zero attached hydrogens (tertiary/aromatic N) is 1. The van der Waals surface area contributed by atoms with Crippen LogP contribution in [0.4, 0.5) is 4.79 Å². The number of carboxylic acids is 1. The first-order valence-electron chi connectivity index (χ1n) is 7.84. The molecule has 0 aromatic carbocycles. The lowest BCUT2D eigenvalue weighted by Crippen LogP contribution is -2.57. The zero-order valence-electron chi connectivity index (χ0n) is 11.8. The predicted molar refractivity (Wildman–Crippen MR) is 72.0 cm³/mol. The number of nitrogens with one attached hydrogen (secondary N) is 1. The van der Waals surface area contributed by atoms with E-state index >= 15 is 0 Å². The van der Waals surface area contributed by atoms with Crippen molar-refractivity contribution in [2.24, 2.45) is 35.5 Å². The van der Waals surface area contributed by atoms with Gasteiger partial charge in [0.25, 0.3) is 0 Å². The smallest absolute Gasteiger partial charge is 0.317 e. The highest BCUT2D eigenvalue weighted by Crippen LogP contribution is 2.65. The lowest BCUT2D eigenvalue weighted by atomic mass is 9.87. The first-order valence-corrected chi connectivity index (χ1v) is 7.84. The van der Waals surface area contributed by atoms with Crippen LogP contribution in [-0.2, 0) is 4.79 Å². The molecule has 0 aromatic rings. The second-order valence-electron chi connectivity index (χ2n) is 7.26. The van der Waals surface area contributed by atoms with Crippen molar-refractivity contribution in [2.75, 3.05) is 13.1 Å². The van der Waals surface area contributed by atoms with Gasteiger partial charge in [0.15, 0.2) is 0 Å². The molecule has 2 N–H and O–H groups in total. The van der Waals surface area contributed by atoms with E-state index in [-0.39, 0.29) is 17.9 Å². The average Bonchev–Trinajstić information content (AvgIpc) is 2.76. The molecule has 5 heteroatoms. The van der Waals surface area contributed by atoms with Gasteiger partial charge in [-0.2, -0.15) is 0 Å². The summed E-state index contributed by atoms with van der Waals surface area (Å²) in [6, 6.07) is 0.447. The van der Waals surface area contributed by atoms with Gasteiger partial charge in [0.05, 0.1) is 5.92 Å². The van der Waals surface area contributed by atoms with Gasteiger partial charge in [-0.25, -0.2) is 4.79 Å². The zero-order chi connectivity index (χ0) is 14.0. The summed E-state index contributed by atoms with van der Waals surface area (Å²) in [5.41, 5.74) is 0. The largest absolute Gasteiger partial charge is 0.481 e. The lowest BCUT2D eigenvalue weighted by Gasteiger charge is -2.41. The summed E-state index contributed by atoms with van der Waals surface area (Å²) in [7, 11) is 0. The average molecular weight is 278 g/mol. The van der Waals surface area contributed by atoms with Gasteiger partial charge in [-0.1, -0.05) is 6.92 Å². The molecule has 4 rings (SSSR count). The number of likely N-dealkylation sites (tertiary alicyclic amines) is 1. The van der Waals surface area contributed by atoms with E-state index in [4.69, 9.17) is 5.11 Å². The third-order valence-electron chi connectivity index (χ3n) is 6.32. The molecule has 3 saturated carbocycles. The number of aliphatic carboxylic acids is 1. The summed E-state index contributed by atoms with van der Waals surface area (Å²) in [6.07, 6.45) is 4.11. The van der Waals surface area contributed by atoms with Gasteiger partial charge in [-0.3, -0.25) is 4.79 Å². The minimum atomic E-state index is -0.761. The fraction of sp³-hybridized carbons (Fsp3) is 0.867. The van der Waals surface area contributed by atoms with Crippen molar-refractivity contribution in [2.45, 2.75) is 32.2 Å². The van der Waals surface area contributed by atoms with Crippen LogP contribution in [0.1, 0.15) is 26.2 Å². The molecule has 1 heterocycles. The predicted octanol–water partition coefficient (Wildman–Crippen LogP) is 1.39. The number of carboxylic acid groups (broad SMARTS) is 1. The number of fused-ring (bicyclic) bond motifs is 5. The lowest BCUT2D eigenvalue weighted by molar-refractivity contribution is -0.144. The molecular formula is C15H22N2O3. The maximum Gasteiger partial charge on any atom is 0.317 e. The minimum Gasteiger partial charge on any atom is -0.481 e. The second kappa shape index (κ2) is 4.12. The van der Waals surface area contributed by atoms with E-state index in [1.807, 2.05) is 0 Å². The summed E-state index contributed by atoms with van der Waals surface area (Å²) in [6.45, 7) is 2.91. The normalized spacial score (nSPS) is 42.9. The van der Waals surface area contributed by atoms with Crippen molar-refractivity contribution >= 4 is 12.0 Å². The van der Waals surface area contributed by atoms with Crippen LogP contribution < -0.4 is 5.32 Å². The molecule has 0 spiro atoms. The van der Waals surface area contributed by atoms with E-state index < -0.39 is 5.97 Å². The van der Waals surface area contributed by atoms with Crippen LogP contribution in [0.3, 0.4) is 0 Å². The molecule has 20 heavy (non-hydrogen) atoms. The summed E-state index contributed by atoms with van der Waals surface area (Å²) in [5, 5.41) is 12.1. The van der Waals surface area contributed by atoms with Gasteiger partial charge in [0.1, 0.15) is 0 Å². The van der Waals surface area contributed by atoms with Crippen molar-refractivity contribution in [3.05, 3.63) is 0 Å². The Kier molecular flexibility index (Phi) is 2.57. The Morgan fingerprint density at radius 3 is 2.35 bits per heavy atom. The molecular weight excluding hydrogens is 256 g/mol. The highest BCUT2D eigenvalue weighted by molar-refractivity contribution is 5.77. The molecule has 4 fully saturated rings. The zero-order valence-corrected chi connectivity index (χ0v) is 11.8. The minimum absolute atomic E-state index is 0.0256. The van der Waals surface area contributed by atoms with Crippen molar-refractivity contribution in [1.82, 2.24) is 10.2 Å².